The van der Waals surface area contributed by atoms with E-state index in [-0.39, 0.29) is 23.0 Å². The summed E-state index contributed by atoms with van der Waals surface area (Å²) in [4.78, 5) is 10.2. The van der Waals surface area contributed by atoms with Crippen molar-refractivity contribution >= 4 is 18.1 Å². The predicted octanol–water partition coefficient (Wildman–Crippen LogP) is 2.90. The Morgan fingerprint density at radius 3 is 2.75 bits per heavy atom. The second-order valence-electron chi connectivity index (χ2n) is 3.62. The lowest BCUT2D eigenvalue weighted by atomic mass is 10.2. The van der Waals surface area contributed by atoms with Gasteiger partial charge >= 0.3 is 0 Å². The summed E-state index contributed by atoms with van der Waals surface area (Å²) < 4.78 is 0. The molecular weight excluding hydrogens is 228 g/mol. The summed E-state index contributed by atoms with van der Waals surface area (Å²) in [6, 6.07) is 7.15. The summed E-state index contributed by atoms with van der Waals surface area (Å²) in [6.07, 6.45) is 1.05. The van der Waals surface area contributed by atoms with Crippen molar-refractivity contribution in [3.63, 3.8) is 0 Å². The molecule has 0 saturated heterocycles. The summed E-state index contributed by atoms with van der Waals surface area (Å²) in [5, 5.41) is 13.8. The van der Waals surface area contributed by atoms with E-state index in [0.717, 1.165) is 12.0 Å². The van der Waals surface area contributed by atoms with Gasteiger partial charge in [0.05, 0.1) is 4.92 Å². The highest BCUT2D eigenvalue weighted by Gasteiger charge is 2.05. The standard InChI is InChI=1S/C11H16N2O2.ClH/c1-3-9(2)12-8-10-5-4-6-11(7-10)13(14)15;/h4-7,9,12H,3,8H2,1-2H3;1H. The van der Waals surface area contributed by atoms with Crippen molar-refractivity contribution in [3.05, 3.63) is 39.9 Å². The molecule has 1 unspecified atom stereocenters. The van der Waals surface area contributed by atoms with E-state index in [9.17, 15) is 10.1 Å². The highest BCUT2D eigenvalue weighted by molar-refractivity contribution is 5.85. The molecule has 0 heterocycles. The number of benzene rings is 1. The molecular formula is C11H17ClN2O2. The lowest BCUT2D eigenvalue weighted by molar-refractivity contribution is -0.384. The van der Waals surface area contributed by atoms with E-state index in [0.29, 0.717) is 12.6 Å². The molecule has 0 saturated carbocycles. The Balaban J connectivity index is 0.00000225. The van der Waals surface area contributed by atoms with Crippen LogP contribution in [0, 0.1) is 10.1 Å². The lowest BCUT2D eigenvalue weighted by Gasteiger charge is -2.10. The van der Waals surface area contributed by atoms with Gasteiger partial charge in [0.15, 0.2) is 0 Å². The molecule has 1 aromatic carbocycles. The number of nitro groups is 1. The Morgan fingerprint density at radius 2 is 2.19 bits per heavy atom. The molecule has 0 aliphatic carbocycles. The van der Waals surface area contributed by atoms with Crippen molar-refractivity contribution in [2.45, 2.75) is 32.9 Å². The van der Waals surface area contributed by atoms with Gasteiger partial charge in [-0.25, -0.2) is 0 Å². The van der Waals surface area contributed by atoms with Crippen molar-refractivity contribution in [1.82, 2.24) is 5.32 Å². The van der Waals surface area contributed by atoms with Crippen LogP contribution in [0.2, 0.25) is 0 Å². The first-order valence-electron chi connectivity index (χ1n) is 5.10. The van der Waals surface area contributed by atoms with E-state index in [1.807, 2.05) is 6.07 Å². The Labute approximate surface area is 102 Å². The zero-order valence-electron chi connectivity index (χ0n) is 9.47. The average Bonchev–Trinajstić information content (AvgIpc) is 2.26. The smallest absolute Gasteiger partial charge is 0.269 e. The molecule has 0 aliphatic heterocycles. The minimum absolute atomic E-state index is 0. The number of nitro benzene ring substituents is 1. The van der Waals surface area contributed by atoms with Crippen LogP contribution in [0.25, 0.3) is 0 Å². The van der Waals surface area contributed by atoms with Crippen LogP contribution < -0.4 is 5.32 Å². The topological polar surface area (TPSA) is 55.2 Å². The van der Waals surface area contributed by atoms with Gasteiger partial charge in [-0.2, -0.15) is 0 Å². The third-order valence-electron chi connectivity index (χ3n) is 2.39. The summed E-state index contributed by atoms with van der Waals surface area (Å²) in [5.74, 6) is 0. The fourth-order valence-corrected chi connectivity index (χ4v) is 1.22. The number of halogens is 1. The van der Waals surface area contributed by atoms with Crippen LogP contribution in [0.1, 0.15) is 25.8 Å². The molecule has 1 atom stereocenters. The minimum Gasteiger partial charge on any atom is -0.310 e. The van der Waals surface area contributed by atoms with Gasteiger partial charge in [-0.05, 0) is 18.9 Å². The Kier molecular flexibility index (Phi) is 6.69. The Morgan fingerprint density at radius 1 is 1.50 bits per heavy atom. The van der Waals surface area contributed by atoms with Crippen LogP contribution >= 0.6 is 12.4 Å². The second kappa shape index (κ2) is 7.19. The molecule has 0 spiro atoms. The number of hydrogen-bond acceptors (Lipinski definition) is 3. The quantitative estimate of drug-likeness (QED) is 0.640. The van der Waals surface area contributed by atoms with Gasteiger partial charge in [0.25, 0.3) is 5.69 Å². The summed E-state index contributed by atoms with van der Waals surface area (Å²) >= 11 is 0. The van der Waals surface area contributed by atoms with Gasteiger partial charge in [0.1, 0.15) is 0 Å². The van der Waals surface area contributed by atoms with Crippen LogP contribution in [0.3, 0.4) is 0 Å². The van der Waals surface area contributed by atoms with E-state index in [1.54, 1.807) is 12.1 Å². The zero-order valence-corrected chi connectivity index (χ0v) is 10.3. The van der Waals surface area contributed by atoms with Crippen molar-refractivity contribution in [3.8, 4) is 0 Å². The first-order valence-corrected chi connectivity index (χ1v) is 5.10. The van der Waals surface area contributed by atoms with Gasteiger partial charge < -0.3 is 5.32 Å². The first kappa shape index (κ1) is 14.9. The molecule has 1 rings (SSSR count). The second-order valence-corrected chi connectivity index (χ2v) is 3.62. The molecule has 1 N–H and O–H groups in total. The molecule has 0 bridgehead atoms. The van der Waals surface area contributed by atoms with Crippen LogP contribution in [-0.2, 0) is 6.54 Å². The lowest BCUT2D eigenvalue weighted by Crippen LogP contribution is -2.24. The third-order valence-corrected chi connectivity index (χ3v) is 2.39. The zero-order chi connectivity index (χ0) is 11.3. The number of non-ortho nitro benzene ring substituents is 1. The van der Waals surface area contributed by atoms with Crippen LogP contribution in [0.4, 0.5) is 5.69 Å². The molecule has 0 aromatic heterocycles. The van der Waals surface area contributed by atoms with E-state index in [4.69, 9.17) is 0 Å². The molecule has 5 heteroatoms. The van der Waals surface area contributed by atoms with E-state index >= 15 is 0 Å². The number of nitrogens with one attached hydrogen (secondary N) is 1. The maximum Gasteiger partial charge on any atom is 0.269 e. The first-order chi connectivity index (χ1) is 7.13. The minimum atomic E-state index is -0.368. The molecule has 0 fully saturated rings. The van der Waals surface area contributed by atoms with Gasteiger partial charge in [-0.15, -0.1) is 12.4 Å². The Bertz CT molecular complexity index is 345. The van der Waals surface area contributed by atoms with E-state index in [1.165, 1.54) is 6.07 Å². The predicted molar refractivity (Wildman–Crippen MR) is 66.9 cm³/mol. The fraction of sp³-hybridized carbons (Fsp3) is 0.455. The maximum atomic E-state index is 10.5. The van der Waals surface area contributed by atoms with Crippen LogP contribution in [0.5, 0.6) is 0 Å². The van der Waals surface area contributed by atoms with Crippen LogP contribution in [0.15, 0.2) is 24.3 Å². The highest BCUT2D eigenvalue weighted by Crippen LogP contribution is 2.12. The Hall–Kier alpha value is -1.13. The molecule has 0 aliphatic rings. The maximum absolute atomic E-state index is 10.5. The average molecular weight is 245 g/mol. The summed E-state index contributed by atoms with van der Waals surface area (Å²) in [7, 11) is 0. The molecule has 90 valence electrons. The largest absolute Gasteiger partial charge is 0.310 e. The molecule has 16 heavy (non-hydrogen) atoms. The van der Waals surface area contributed by atoms with E-state index < -0.39 is 0 Å². The summed E-state index contributed by atoms with van der Waals surface area (Å²) in [5.41, 5.74) is 1.10. The van der Waals surface area contributed by atoms with Crippen molar-refractivity contribution < 1.29 is 4.92 Å². The highest BCUT2D eigenvalue weighted by atomic mass is 35.5. The molecule has 4 nitrogen and oxygen atoms in total. The monoisotopic (exact) mass is 244 g/mol. The molecule has 0 amide bonds. The number of rotatable bonds is 5. The van der Waals surface area contributed by atoms with Gasteiger partial charge in [-0.1, -0.05) is 19.1 Å². The van der Waals surface area contributed by atoms with Crippen molar-refractivity contribution in [2.24, 2.45) is 0 Å². The van der Waals surface area contributed by atoms with Crippen molar-refractivity contribution in [2.75, 3.05) is 0 Å². The molecule has 0 radical (unpaired) electrons. The third kappa shape index (κ3) is 4.59. The normalized spacial score (nSPS) is 11.6. The number of hydrogen-bond donors (Lipinski definition) is 1. The van der Waals surface area contributed by atoms with Crippen molar-refractivity contribution in [1.29, 1.82) is 0 Å². The van der Waals surface area contributed by atoms with Crippen LogP contribution in [-0.4, -0.2) is 11.0 Å². The van der Waals surface area contributed by atoms with Gasteiger partial charge in [0.2, 0.25) is 0 Å². The summed E-state index contributed by atoms with van der Waals surface area (Å²) in [6.45, 7) is 4.87. The SMILES string of the molecule is CCC(C)NCc1cccc([N+](=O)[O-])c1.Cl. The van der Waals surface area contributed by atoms with E-state index in [2.05, 4.69) is 19.2 Å². The number of nitrogens with zero attached hydrogens (tertiary/aromatic N) is 1. The van der Waals surface area contributed by atoms with Gasteiger partial charge in [0, 0.05) is 24.7 Å². The van der Waals surface area contributed by atoms with Gasteiger partial charge in [-0.3, -0.25) is 10.1 Å². The molecule has 1 aromatic rings. The fourth-order valence-electron chi connectivity index (χ4n) is 1.22.